The fourth-order valence-electron chi connectivity index (χ4n) is 3.18. The highest BCUT2D eigenvalue weighted by molar-refractivity contribution is 5.97. The molecule has 0 aliphatic heterocycles. The maximum Gasteiger partial charge on any atom is 0.256 e. The summed E-state index contributed by atoms with van der Waals surface area (Å²) < 4.78 is 11.7. The second-order valence-electron chi connectivity index (χ2n) is 7.02. The maximum absolute atomic E-state index is 12.7. The molecule has 1 fully saturated rings. The van der Waals surface area contributed by atoms with Crippen LogP contribution < -0.4 is 10.1 Å². The number of rotatable bonds is 8. The minimum absolute atomic E-state index is 0.0702. The highest BCUT2D eigenvalue weighted by Gasteiger charge is 2.48. The number of carbonyl (C=O) groups excluding carboxylic acids is 1. The average Bonchev–Trinajstić information content (AvgIpc) is 3.47. The highest BCUT2D eigenvalue weighted by Crippen LogP contribution is 2.42. The first kappa shape index (κ1) is 18.5. The summed E-state index contributed by atoms with van der Waals surface area (Å²) in [5, 5.41) is 3.01. The van der Waals surface area contributed by atoms with Crippen molar-refractivity contribution in [1.29, 1.82) is 0 Å². The number of ether oxygens (including phenoxy) is 2. The van der Waals surface area contributed by atoms with Crippen LogP contribution in [0.4, 0.5) is 5.69 Å². The molecule has 0 unspecified atom stereocenters. The lowest BCUT2D eigenvalue weighted by Gasteiger charge is -2.28. The standard InChI is InChI=1S/C22H27NO3/c1-4-26-22(3,18-10-11-18)21(24)23-19-12-13-20(16(2)14-19)25-15-17-8-6-5-7-9-17/h5-9,12-14,18H,4,10-11,15H2,1-3H3,(H,23,24)/t22-/m1/s1. The van der Waals surface area contributed by atoms with Crippen molar-refractivity contribution in [2.24, 2.45) is 5.92 Å². The molecule has 0 bridgehead atoms. The minimum Gasteiger partial charge on any atom is -0.489 e. The largest absolute Gasteiger partial charge is 0.489 e. The first-order valence-corrected chi connectivity index (χ1v) is 9.25. The zero-order chi connectivity index (χ0) is 18.6. The third-order valence-corrected chi connectivity index (χ3v) is 4.92. The van der Waals surface area contributed by atoms with Crippen LogP contribution >= 0.6 is 0 Å². The van der Waals surface area contributed by atoms with E-state index in [9.17, 15) is 4.79 Å². The van der Waals surface area contributed by atoms with E-state index in [2.05, 4.69) is 5.32 Å². The van der Waals surface area contributed by atoms with Crippen LogP contribution in [0.5, 0.6) is 5.75 Å². The van der Waals surface area contributed by atoms with Crippen molar-refractivity contribution in [3.05, 3.63) is 59.7 Å². The van der Waals surface area contributed by atoms with Crippen molar-refractivity contribution in [3.63, 3.8) is 0 Å². The van der Waals surface area contributed by atoms with E-state index in [0.717, 1.165) is 35.4 Å². The molecule has 1 N–H and O–H groups in total. The van der Waals surface area contributed by atoms with Crippen LogP contribution in [-0.4, -0.2) is 18.1 Å². The minimum atomic E-state index is -0.745. The van der Waals surface area contributed by atoms with Gasteiger partial charge in [-0.3, -0.25) is 4.79 Å². The van der Waals surface area contributed by atoms with Gasteiger partial charge in [0, 0.05) is 12.3 Å². The molecule has 0 radical (unpaired) electrons. The predicted octanol–water partition coefficient (Wildman–Crippen LogP) is 4.72. The Balaban J connectivity index is 1.64. The molecular formula is C22H27NO3. The molecule has 1 saturated carbocycles. The molecule has 2 aromatic carbocycles. The number of amides is 1. The first-order valence-electron chi connectivity index (χ1n) is 9.25. The molecule has 1 amide bonds. The van der Waals surface area contributed by atoms with Gasteiger partial charge in [-0.05, 0) is 68.9 Å². The van der Waals surface area contributed by atoms with Crippen molar-refractivity contribution >= 4 is 11.6 Å². The van der Waals surface area contributed by atoms with Crippen LogP contribution in [0.3, 0.4) is 0 Å². The summed E-state index contributed by atoms with van der Waals surface area (Å²) in [4.78, 5) is 12.7. The second-order valence-corrected chi connectivity index (χ2v) is 7.02. The van der Waals surface area contributed by atoms with Crippen molar-refractivity contribution < 1.29 is 14.3 Å². The lowest BCUT2D eigenvalue weighted by atomic mass is 9.98. The van der Waals surface area contributed by atoms with Gasteiger partial charge >= 0.3 is 0 Å². The number of anilines is 1. The molecule has 0 saturated heterocycles. The Bertz CT molecular complexity index is 755. The molecule has 0 spiro atoms. The number of hydrogen-bond acceptors (Lipinski definition) is 3. The fourth-order valence-corrected chi connectivity index (χ4v) is 3.18. The Morgan fingerprint density at radius 2 is 1.92 bits per heavy atom. The summed E-state index contributed by atoms with van der Waals surface area (Å²) in [6, 6.07) is 15.8. The molecule has 4 heteroatoms. The number of aryl methyl sites for hydroxylation is 1. The summed E-state index contributed by atoms with van der Waals surface area (Å²) in [5.74, 6) is 1.07. The number of nitrogens with one attached hydrogen (secondary N) is 1. The first-order chi connectivity index (χ1) is 12.5. The molecule has 4 nitrogen and oxygen atoms in total. The van der Waals surface area contributed by atoms with Gasteiger partial charge in [-0.2, -0.15) is 0 Å². The predicted molar refractivity (Wildman–Crippen MR) is 103 cm³/mol. The molecule has 1 aliphatic rings. The topological polar surface area (TPSA) is 47.6 Å². The molecular weight excluding hydrogens is 326 g/mol. The summed E-state index contributed by atoms with van der Waals surface area (Å²) in [6.45, 7) is 6.87. The van der Waals surface area contributed by atoms with Crippen molar-refractivity contribution in [1.82, 2.24) is 0 Å². The zero-order valence-electron chi connectivity index (χ0n) is 15.7. The van der Waals surface area contributed by atoms with Gasteiger partial charge in [-0.1, -0.05) is 30.3 Å². The Labute approximate surface area is 155 Å². The summed E-state index contributed by atoms with van der Waals surface area (Å²) >= 11 is 0. The van der Waals surface area contributed by atoms with E-state index < -0.39 is 5.60 Å². The SMILES string of the molecule is CCO[C@@](C)(C(=O)Nc1ccc(OCc2ccccc2)c(C)c1)C1CC1. The summed E-state index contributed by atoms with van der Waals surface area (Å²) in [6.07, 6.45) is 2.10. The van der Waals surface area contributed by atoms with Gasteiger partial charge in [0.2, 0.25) is 0 Å². The van der Waals surface area contributed by atoms with Crippen LogP contribution in [0, 0.1) is 12.8 Å². The normalized spacial score (nSPS) is 16.0. The van der Waals surface area contributed by atoms with Crippen LogP contribution in [0.1, 0.15) is 37.8 Å². The van der Waals surface area contributed by atoms with Crippen molar-refractivity contribution in [2.45, 2.75) is 45.8 Å². The van der Waals surface area contributed by atoms with Crippen molar-refractivity contribution in [2.75, 3.05) is 11.9 Å². The van der Waals surface area contributed by atoms with Gasteiger partial charge in [0.05, 0.1) is 0 Å². The van der Waals surface area contributed by atoms with E-state index in [0.29, 0.717) is 19.1 Å². The highest BCUT2D eigenvalue weighted by atomic mass is 16.5. The Hall–Kier alpha value is -2.33. The molecule has 26 heavy (non-hydrogen) atoms. The van der Waals surface area contributed by atoms with Gasteiger partial charge in [0.1, 0.15) is 18.0 Å². The van der Waals surface area contributed by atoms with E-state index >= 15 is 0 Å². The molecule has 3 rings (SSSR count). The van der Waals surface area contributed by atoms with Crippen LogP contribution in [0.25, 0.3) is 0 Å². The molecule has 2 aromatic rings. The number of hydrogen-bond donors (Lipinski definition) is 1. The third-order valence-electron chi connectivity index (χ3n) is 4.92. The van der Waals surface area contributed by atoms with Gasteiger partial charge < -0.3 is 14.8 Å². The molecule has 1 aliphatic carbocycles. The van der Waals surface area contributed by atoms with E-state index in [1.807, 2.05) is 69.3 Å². The average molecular weight is 353 g/mol. The Kier molecular flexibility index (Phi) is 5.62. The van der Waals surface area contributed by atoms with Gasteiger partial charge in [-0.25, -0.2) is 0 Å². The second kappa shape index (κ2) is 7.92. The molecule has 0 aromatic heterocycles. The van der Waals surface area contributed by atoms with Gasteiger partial charge in [0.15, 0.2) is 0 Å². The van der Waals surface area contributed by atoms with E-state index in [-0.39, 0.29) is 5.91 Å². The van der Waals surface area contributed by atoms with E-state index in [1.54, 1.807) is 0 Å². The quantitative estimate of drug-likeness (QED) is 0.747. The number of carbonyl (C=O) groups is 1. The van der Waals surface area contributed by atoms with Crippen LogP contribution in [0.15, 0.2) is 48.5 Å². The lowest BCUT2D eigenvalue weighted by Crippen LogP contribution is -2.44. The third kappa shape index (κ3) is 4.25. The Morgan fingerprint density at radius 1 is 1.19 bits per heavy atom. The smallest absolute Gasteiger partial charge is 0.256 e. The van der Waals surface area contributed by atoms with E-state index in [1.165, 1.54) is 0 Å². The van der Waals surface area contributed by atoms with Gasteiger partial charge in [0.25, 0.3) is 5.91 Å². The monoisotopic (exact) mass is 353 g/mol. The lowest BCUT2D eigenvalue weighted by molar-refractivity contribution is -0.141. The molecule has 138 valence electrons. The molecule has 0 heterocycles. The van der Waals surface area contributed by atoms with Crippen LogP contribution in [0.2, 0.25) is 0 Å². The fraction of sp³-hybridized carbons (Fsp3) is 0.409. The van der Waals surface area contributed by atoms with Gasteiger partial charge in [-0.15, -0.1) is 0 Å². The molecule has 1 atom stereocenters. The Morgan fingerprint density at radius 3 is 2.54 bits per heavy atom. The summed E-state index contributed by atoms with van der Waals surface area (Å²) in [5.41, 5.74) is 2.14. The maximum atomic E-state index is 12.7. The van der Waals surface area contributed by atoms with Crippen LogP contribution in [-0.2, 0) is 16.1 Å². The summed E-state index contributed by atoms with van der Waals surface area (Å²) in [7, 11) is 0. The number of benzene rings is 2. The van der Waals surface area contributed by atoms with Crippen molar-refractivity contribution in [3.8, 4) is 5.75 Å². The van der Waals surface area contributed by atoms with E-state index in [4.69, 9.17) is 9.47 Å². The zero-order valence-corrected chi connectivity index (χ0v) is 15.7.